The third kappa shape index (κ3) is 5.08. The predicted molar refractivity (Wildman–Crippen MR) is 118 cm³/mol. The molecule has 1 amide bonds. The minimum atomic E-state index is -0.273. The van der Waals surface area contributed by atoms with E-state index in [1.807, 2.05) is 61.5 Å². The number of thiocarbonyl (C=S) groups is 1. The number of hydrogen-bond donors (Lipinski definition) is 3. The summed E-state index contributed by atoms with van der Waals surface area (Å²) in [6.07, 6.45) is 0. The number of benzene rings is 3. The second kappa shape index (κ2) is 9.01. The van der Waals surface area contributed by atoms with Gasteiger partial charge in [-0.2, -0.15) is 0 Å². The predicted octanol–water partition coefficient (Wildman–Crippen LogP) is 4.87. The summed E-state index contributed by atoms with van der Waals surface area (Å²) in [5.74, 6) is 0.465. The molecule has 0 bridgehead atoms. The first-order valence-corrected chi connectivity index (χ1v) is 9.15. The Labute approximate surface area is 169 Å². The summed E-state index contributed by atoms with van der Waals surface area (Å²) < 4.78 is 5.21. The smallest absolute Gasteiger partial charge is 0.257 e. The molecule has 28 heavy (non-hydrogen) atoms. The maximum atomic E-state index is 12.4. The van der Waals surface area contributed by atoms with Crippen molar-refractivity contribution < 1.29 is 9.53 Å². The van der Waals surface area contributed by atoms with Crippen molar-refractivity contribution in [2.75, 3.05) is 17.7 Å². The second-order valence-electron chi connectivity index (χ2n) is 6.16. The number of amides is 1. The van der Waals surface area contributed by atoms with Gasteiger partial charge in [-0.3, -0.25) is 10.1 Å². The molecule has 0 aliphatic heterocycles. The highest BCUT2D eigenvalue weighted by atomic mass is 32.1. The number of para-hydroxylation sites is 1. The van der Waals surface area contributed by atoms with E-state index in [0.717, 1.165) is 28.4 Å². The van der Waals surface area contributed by atoms with Crippen molar-refractivity contribution in [2.45, 2.75) is 6.92 Å². The van der Waals surface area contributed by atoms with Gasteiger partial charge in [0.05, 0.1) is 7.11 Å². The van der Waals surface area contributed by atoms with Gasteiger partial charge in [0.2, 0.25) is 0 Å². The maximum absolute atomic E-state index is 12.4. The Bertz CT molecular complexity index is 973. The molecule has 0 aliphatic carbocycles. The van der Waals surface area contributed by atoms with E-state index < -0.39 is 0 Å². The zero-order valence-corrected chi connectivity index (χ0v) is 16.5. The summed E-state index contributed by atoms with van der Waals surface area (Å²) in [7, 11) is 1.60. The Morgan fingerprint density at radius 2 is 1.54 bits per heavy atom. The molecule has 5 nitrogen and oxygen atoms in total. The van der Waals surface area contributed by atoms with Gasteiger partial charge < -0.3 is 15.4 Å². The SMILES string of the molecule is COc1ccc(C(=O)NC(=S)Nc2ccc(Nc3ccccc3)cc2)cc1C. The molecule has 0 aliphatic rings. The van der Waals surface area contributed by atoms with Crippen LogP contribution in [-0.4, -0.2) is 18.1 Å². The Morgan fingerprint density at radius 3 is 2.18 bits per heavy atom. The van der Waals surface area contributed by atoms with Crippen LogP contribution in [0.15, 0.2) is 72.8 Å². The van der Waals surface area contributed by atoms with Crippen LogP contribution in [0.1, 0.15) is 15.9 Å². The molecular formula is C22H21N3O2S. The van der Waals surface area contributed by atoms with Crippen molar-refractivity contribution in [3.05, 3.63) is 83.9 Å². The summed E-state index contributed by atoms with van der Waals surface area (Å²) in [6.45, 7) is 1.89. The number of ether oxygens (including phenoxy) is 1. The lowest BCUT2D eigenvalue weighted by Gasteiger charge is -2.12. The lowest BCUT2D eigenvalue weighted by atomic mass is 10.1. The van der Waals surface area contributed by atoms with Crippen molar-refractivity contribution in [3.63, 3.8) is 0 Å². The third-order valence-corrected chi connectivity index (χ3v) is 4.29. The number of aryl methyl sites for hydroxylation is 1. The van der Waals surface area contributed by atoms with E-state index in [-0.39, 0.29) is 11.0 Å². The van der Waals surface area contributed by atoms with Crippen LogP contribution in [0.4, 0.5) is 17.1 Å². The van der Waals surface area contributed by atoms with Crippen molar-refractivity contribution in [1.82, 2.24) is 5.32 Å². The largest absolute Gasteiger partial charge is 0.496 e. The highest BCUT2D eigenvalue weighted by molar-refractivity contribution is 7.80. The molecule has 0 saturated carbocycles. The molecule has 3 rings (SSSR count). The minimum absolute atomic E-state index is 0.238. The molecule has 0 unspecified atom stereocenters. The average Bonchev–Trinajstić information content (AvgIpc) is 2.70. The normalized spacial score (nSPS) is 10.1. The first-order chi connectivity index (χ1) is 13.5. The number of anilines is 3. The van der Waals surface area contributed by atoms with Crippen LogP contribution < -0.4 is 20.7 Å². The van der Waals surface area contributed by atoms with Crippen LogP contribution in [-0.2, 0) is 0 Å². The van der Waals surface area contributed by atoms with Crippen molar-refractivity contribution >= 4 is 40.3 Å². The average molecular weight is 391 g/mol. The van der Waals surface area contributed by atoms with Gasteiger partial charge >= 0.3 is 0 Å². The van der Waals surface area contributed by atoms with Gasteiger partial charge in [0.15, 0.2) is 5.11 Å². The number of hydrogen-bond acceptors (Lipinski definition) is 4. The number of rotatable bonds is 5. The van der Waals surface area contributed by atoms with Crippen LogP contribution in [0.5, 0.6) is 5.75 Å². The van der Waals surface area contributed by atoms with E-state index in [4.69, 9.17) is 17.0 Å². The lowest BCUT2D eigenvalue weighted by Crippen LogP contribution is -2.34. The molecule has 0 radical (unpaired) electrons. The Balaban J connectivity index is 1.57. The molecule has 0 saturated heterocycles. The first kappa shape index (κ1) is 19.4. The van der Waals surface area contributed by atoms with Crippen molar-refractivity contribution in [2.24, 2.45) is 0 Å². The van der Waals surface area contributed by atoms with Gasteiger partial charge in [-0.15, -0.1) is 0 Å². The Kier molecular flexibility index (Phi) is 6.24. The number of nitrogens with one attached hydrogen (secondary N) is 3. The summed E-state index contributed by atoms with van der Waals surface area (Å²) in [5, 5.41) is 9.26. The molecule has 0 atom stereocenters. The fourth-order valence-electron chi connectivity index (χ4n) is 2.68. The zero-order valence-electron chi connectivity index (χ0n) is 15.7. The molecule has 0 heterocycles. The molecule has 3 aromatic carbocycles. The van der Waals surface area contributed by atoms with Gasteiger partial charge in [-0.05, 0) is 79.3 Å². The van der Waals surface area contributed by atoms with E-state index in [1.54, 1.807) is 25.3 Å². The minimum Gasteiger partial charge on any atom is -0.496 e. The topological polar surface area (TPSA) is 62.4 Å². The van der Waals surface area contributed by atoms with Gasteiger partial charge in [-0.1, -0.05) is 18.2 Å². The number of carbonyl (C=O) groups is 1. The Hall–Kier alpha value is -3.38. The second-order valence-corrected chi connectivity index (χ2v) is 6.57. The Morgan fingerprint density at radius 1 is 0.893 bits per heavy atom. The van der Waals surface area contributed by atoms with E-state index in [2.05, 4.69) is 16.0 Å². The summed E-state index contributed by atoms with van der Waals surface area (Å²) in [6, 6.07) is 22.8. The molecule has 0 fully saturated rings. The van der Waals surface area contributed by atoms with E-state index in [0.29, 0.717) is 5.56 Å². The summed E-state index contributed by atoms with van der Waals surface area (Å²) in [4.78, 5) is 12.4. The van der Waals surface area contributed by atoms with Crippen molar-refractivity contribution in [3.8, 4) is 5.75 Å². The monoisotopic (exact) mass is 391 g/mol. The fourth-order valence-corrected chi connectivity index (χ4v) is 2.89. The van der Waals surface area contributed by atoms with Gasteiger partial charge in [0.1, 0.15) is 5.75 Å². The van der Waals surface area contributed by atoms with E-state index in [1.165, 1.54) is 0 Å². The van der Waals surface area contributed by atoms with Crippen LogP contribution in [0.2, 0.25) is 0 Å². The van der Waals surface area contributed by atoms with Crippen LogP contribution in [0.25, 0.3) is 0 Å². The van der Waals surface area contributed by atoms with Gasteiger partial charge in [-0.25, -0.2) is 0 Å². The number of carbonyl (C=O) groups excluding carboxylic acids is 1. The van der Waals surface area contributed by atoms with Crippen molar-refractivity contribution in [1.29, 1.82) is 0 Å². The molecule has 3 aromatic rings. The van der Waals surface area contributed by atoms with Crippen LogP contribution >= 0.6 is 12.2 Å². The van der Waals surface area contributed by atoms with Crippen LogP contribution in [0.3, 0.4) is 0 Å². The highest BCUT2D eigenvalue weighted by Crippen LogP contribution is 2.19. The molecular weight excluding hydrogens is 370 g/mol. The molecule has 0 aromatic heterocycles. The van der Waals surface area contributed by atoms with E-state index in [9.17, 15) is 4.79 Å². The lowest BCUT2D eigenvalue weighted by molar-refractivity contribution is 0.0977. The number of methoxy groups -OCH3 is 1. The quantitative estimate of drug-likeness (QED) is 0.542. The van der Waals surface area contributed by atoms with E-state index >= 15 is 0 Å². The molecule has 142 valence electrons. The molecule has 6 heteroatoms. The first-order valence-electron chi connectivity index (χ1n) is 8.74. The molecule has 3 N–H and O–H groups in total. The fraction of sp³-hybridized carbons (Fsp3) is 0.0909. The van der Waals surface area contributed by atoms with Gasteiger partial charge in [0, 0.05) is 22.6 Å². The van der Waals surface area contributed by atoms with Gasteiger partial charge in [0.25, 0.3) is 5.91 Å². The zero-order chi connectivity index (χ0) is 19.9. The highest BCUT2D eigenvalue weighted by Gasteiger charge is 2.10. The standard InChI is InChI=1S/C22H21N3O2S/c1-15-14-16(8-13-20(15)27-2)21(26)25-22(28)24-19-11-9-18(10-12-19)23-17-6-4-3-5-7-17/h3-14,23H,1-2H3,(H2,24,25,26,28). The van der Waals surface area contributed by atoms with Crippen LogP contribution in [0, 0.1) is 6.92 Å². The molecule has 0 spiro atoms. The maximum Gasteiger partial charge on any atom is 0.257 e. The summed E-state index contributed by atoms with van der Waals surface area (Å²) >= 11 is 5.25. The summed E-state index contributed by atoms with van der Waals surface area (Å²) in [5.41, 5.74) is 4.16. The third-order valence-electron chi connectivity index (χ3n) is 4.09.